The van der Waals surface area contributed by atoms with Crippen molar-refractivity contribution in [3.05, 3.63) is 10.6 Å². The molecule has 1 unspecified atom stereocenters. The maximum atomic E-state index is 5.70. The molecule has 17 heavy (non-hydrogen) atoms. The van der Waals surface area contributed by atoms with E-state index in [1.54, 1.807) is 18.4 Å². The summed E-state index contributed by atoms with van der Waals surface area (Å²) < 4.78 is 5.16. The number of nitrogens with two attached hydrogens (primary N) is 1. The highest BCUT2D eigenvalue weighted by atomic mass is 32.1. The minimum Gasteiger partial charge on any atom is -0.383 e. The molecule has 0 aliphatic heterocycles. The van der Waals surface area contributed by atoms with Crippen molar-refractivity contribution in [3.63, 3.8) is 0 Å². The number of anilines is 1. The summed E-state index contributed by atoms with van der Waals surface area (Å²) in [4.78, 5) is 8.09. The summed E-state index contributed by atoms with van der Waals surface area (Å²) in [6, 6.07) is 0.473. The Morgan fingerprint density at radius 1 is 1.53 bits per heavy atom. The van der Waals surface area contributed by atoms with Gasteiger partial charge in [-0.25, -0.2) is 4.98 Å². The van der Waals surface area contributed by atoms with Crippen molar-refractivity contribution in [1.82, 2.24) is 4.98 Å². The fraction of sp³-hybridized carbons (Fsp3) is 0.750. The lowest BCUT2D eigenvalue weighted by atomic mass is 10.2. The van der Waals surface area contributed by atoms with E-state index < -0.39 is 0 Å². The normalized spacial score (nSPS) is 12.8. The maximum absolute atomic E-state index is 5.70. The number of rotatable bonds is 7. The number of ether oxygens (including phenoxy) is 1. The molecular formula is C12H23N3OS. The lowest BCUT2D eigenvalue weighted by Gasteiger charge is -2.27. The van der Waals surface area contributed by atoms with Crippen LogP contribution < -0.4 is 10.6 Å². The molecule has 0 aliphatic carbocycles. The molecule has 0 saturated carbocycles. The second-order valence-corrected chi connectivity index (χ2v) is 5.21. The first-order valence-electron chi connectivity index (χ1n) is 6.05. The van der Waals surface area contributed by atoms with Gasteiger partial charge in [0.25, 0.3) is 0 Å². The largest absolute Gasteiger partial charge is 0.383 e. The van der Waals surface area contributed by atoms with Crippen molar-refractivity contribution in [1.29, 1.82) is 0 Å². The highest BCUT2D eigenvalue weighted by Crippen LogP contribution is 2.27. The van der Waals surface area contributed by atoms with Gasteiger partial charge >= 0.3 is 0 Å². The van der Waals surface area contributed by atoms with E-state index in [2.05, 4.69) is 23.7 Å². The van der Waals surface area contributed by atoms with Crippen LogP contribution in [0.25, 0.3) is 0 Å². The van der Waals surface area contributed by atoms with Crippen LogP contribution in [0.2, 0.25) is 0 Å². The summed E-state index contributed by atoms with van der Waals surface area (Å²) in [6.07, 6.45) is 1.10. The molecule has 1 heterocycles. The summed E-state index contributed by atoms with van der Waals surface area (Å²) in [5.41, 5.74) is 6.75. The first-order valence-corrected chi connectivity index (χ1v) is 6.87. The average Bonchev–Trinajstić information content (AvgIpc) is 2.70. The van der Waals surface area contributed by atoms with Gasteiger partial charge in [-0.05, 0) is 20.3 Å². The van der Waals surface area contributed by atoms with E-state index in [1.807, 2.05) is 6.92 Å². The molecule has 5 heteroatoms. The second kappa shape index (κ2) is 6.93. The fourth-order valence-corrected chi connectivity index (χ4v) is 2.71. The molecule has 1 atom stereocenters. The molecule has 4 nitrogen and oxygen atoms in total. The van der Waals surface area contributed by atoms with E-state index in [0.29, 0.717) is 12.6 Å². The first kappa shape index (κ1) is 14.4. The summed E-state index contributed by atoms with van der Waals surface area (Å²) in [5, 5.41) is 1.06. The van der Waals surface area contributed by atoms with Gasteiger partial charge in [0.1, 0.15) is 0 Å². The predicted molar refractivity (Wildman–Crippen MR) is 73.7 cm³/mol. The quantitative estimate of drug-likeness (QED) is 0.813. The number of aryl methyl sites for hydroxylation is 1. The van der Waals surface area contributed by atoms with E-state index in [0.717, 1.165) is 30.4 Å². The molecule has 0 spiro atoms. The number of nitrogens with zero attached hydrogens (tertiary/aromatic N) is 2. The molecule has 0 aromatic carbocycles. The zero-order chi connectivity index (χ0) is 12.8. The van der Waals surface area contributed by atoms with Crippen LogP contribution in [0.1, 0.15) is 30.8 Å². The Kier molecular flexibility index (Phi) is 5.88. The van der Waals surface area contributed by atoms with Gasteiger partial charge in [0.05, 0.1) is 12.3 Å². The van der Waals surface area contributed by atoms with Crippen LogP contribution >= 0.6 is 11.3 Å². The third-order valence-electron chi connectivity index (χ3n) is 2.97. The molecule has 0 fully saturated rings. The van der Waals surface area contributed by atoms with Crippen LogP contribution in [-0.4, -0.2) is 31.3 Å². The highest BCUT2D eigenvalue weighted by Gasteiger charge is 2.17. The topological polar surface area (TPSA) is 51.4 Å². The van der Waals surface area contributed by atoms with E-state index in [-0.39, 0.29) is 0 Å². The van der Waals surface area contributed by atoms with E-state index in [9.17, 15) is 0 Å². The molecule has 1 aromatic heterocycles. The number of hydrogen-bond acceptors (Lipinski definition) is 5. The molecule has 0 saturated heterocycles. The predicted octanol–water partition coefficient (Wildman–Crippen LogP) is 2.16. The summed E-state index contributed by atoms with van der Waals surface area (Å²) in [6.45, 7) is 8.60. The van der Waals surface area contributed by atoms with Gasteiger partial charge in [0, 0.05) is 31.1 Å². The number of methoxy groups -OCH3 is 1. The van der Waals surface area contributed by atoms with Crippen molar-refractivity contribution in [3.8, 4) is 0 Å². The Morgan fingerprint density at radius 2 is 2.24 bits per heavy atom. The Bertz CT molecular complexity index is 340. The number of thiazole rings is 1. The van der Waals surface area contributed by atoms with E-state index in [1.165, 1.54) is 4.88 Å². The molecule has 98 valence electrons. The highest BCUT2D eigenvalue weighted by molar-refractivity contribution is 7.15. The minimum absolute atomic E-state index is 0.473. The SMILES string of the molecule is CCC(C)N(CCOC)c1nc(C)c(CN)s1. The van der Waals surface area contributed by atoms with Crippen molar-refractivity contribution >= 4 is 16.5 Å². The third kappa shape index (κ3) is 3.66. The number of aromatic nitrogens is 1. The van der Waals surface area contributed by atoms with Gasteiger partial charge in [0.15, 0.2) is 5.13 Å². The van der Waals surface area contributed by atoms with Crippen molar-refractivity contribution in [2.45, 2.75) is 39.8 Å². The molecule has 0 bridgehead atoms. The second-order valence-electron chi connectivity index (χ2n) is 4.15. The van der Waals surface area contributed by atoms with Crippen LogP contribution in [0, 0.1) is 6.92 Å². The van der Waals surface area contributed by atoms with Gasteiger partial charge in [-0.1, -0.05) is 6.92 Å². The van der Waals surface area contributed by atoms with Gasteiger partial charge in [0.2, 0.25) is 0 Å². The van der Waals surface area contributed by atoms with Crippen molar-refractivity contribution < 1.29 is 4.74 Å². The molecule has 0 radical (unpaired) electrons. The minimum atomic E-state index is 0.473. The van der Waals surface area contributed by atoms with Crippen LogP contribution in [0.4, 0.5) is 5.13 Å². The molecule has 0 aliphatic rings. The van der Waals surface area contributed by atoms with E-state index in [4.69, 9.17) is 10.5 Å². The molecule has 0 amide bonds. The van der Waals surface area contributed by atoms with Crippen LogP contribution in [0.3, 0.4) is 0 Å². The van der Waals surface area contributed by atoms with Crippen molar-refractivity contribution in [2.75, 3.05) is 25.2 Å². The Labute approximate surface area is 108 Å². The molecule has 1 rings (SSSR count). The van der Waals surface area contributed by atoms with Crippen LogP contribution in [-0.2, 0) is 11.3 Å². The summed E-state index contributed by atoms with van der Waals surface area (Å²) >= 11 is 1.70. The molecule has 2 N–H and O–H groups in total. The third-order valence-corrected chi connectivity index (χ3v) is 4.19. The monoisotopic (exact) mass is 257 g/mol. The Morgan fingerprint density at radius 3 is 2.71 bits per heavy atom. The first-order chi connectivity index (χ1) is 8.13. The lowest BCUT2D eigenvalue weighted by Crippen LogP contribution is -2.35. The smallest absolute Gasteiger partial charge is 0.186 e. The zero-order valence-electron chi connectivity index (χ0n) is 11.2. The Balaban J connectivity index is 2.87. The zero-order valence-corrected chi connectivity index (χ0v) is 12.0. The fourth-order valence-electron chi connectivity index (χ4n) is 1.64. The van der Waals surface area contributed by atoms with Gasteiger partial charge in [-0.15, -0.1) is 11.3 Å². The van der Waals surface area contributed by atoms with Crippen molar-refractivity contribution in [2.24, 2.45) is 5.73 Å². The number of hydrogen-bond donors (Lipinski definition) is 1. The standard InChI is InChI=1S/C12H23N3OS/c1-5-9(2)15(6-7-16-4)12-14-10(3)11(8-13)17-12/h9H,5-8,13H2,1-4H3. The van der Waals surface area contributed by atoms with Gasteiger partial charge in [-0.3, -0.25) is 0 Å². The van der Waals surface area contributed by atoms with Gasteiger partial charge in [-0.2, -0.15) is 0 Å². The Hall–Kier alpha value is -0.650. The summed E-state index contributed by atoms with van der Waals surface area (Å²) in [5.74, 6) is 0. The van der Waals surface area contributed by atoms with E-state index >= 15 is 0 Å². The van der Waals surface area contributed by atoms with Crippen LogP contribution in [0.5, 0.6) is 0 Å². The maximum Gasteiger partial charge on any atom is 0.186 e. The summed E-state index contributed by atoms with van der Waals surface area (Å²) in [7, 11) is 1.73. The van der Waals surface area contributed by atoms with Gasteiger partial charge < -0.3 is 15.4 Å². The van der Waals surface area contributed by atoms with Crippen LogP contribution in [0.15, 0.2) is 0 Å². The lowest BCUT2D eigenvalue weighted by molar-refractivity contribution is 0.203. The molecular weight excluding hydrogens is 234 g/mol. The molecule has 1 aromatic rings. The average molecular weight is 257 g/mol.